The van der Waals surface area contributed by atoms with Crippen molar-refractivity contribution in [2.45, 2.75) is 58.8 Å². The van der Waals surface area contributed by atoms with Crippen LogP contribution in [0.15, 0.2) is 16.5 Å². The summed E-state index contributed by atoms with van der Waals surface area (Å²) in [4.78, 5) is 11.9. The third-order valence-electron chi connectivity index (χ3n) is 3.24. The summed E-state index contributed by atoms with van der Waals surface area (Å²) in [7, 11) is 0.135. The quantitative estimate of drug-likeness (QED) is 0.508. The van der Waals surface area contributed by atoms with E-state index in [9.17, 15) is 9.00 Å². The van der Waals surface area contributed by atoms with Gasteiger partial charge in [-0.05, 0) is 59.2 Å². The lowest BCUT2D eigenvalue weighted by molar-refractivity contribution is -0.142. The second-order valence-electron chi connectivity index (χ2n) is 6.95. The van der Waals surface area contributed by atoms with Crippen LogP contribution in [-0.2, 0) is 26.9 Å². The number of hydrogen-bond acceptors (Lipinski definition) is 5. The molecule has 0 saturated carbocycles. The summed E-state index contributed by atoms with van der Waals surface area (Å²) in [6.45, 7) is 11.4. The van der Waals surface area contributed by atoms with Gasteiger partial charge < -0.3 is 14.2 Å². The number of benzene rings is 1. The highest BCUT2D eigenvalue weighted by molar-refractivity contribution is 7.85. The summed E-state index contributed by atoms with van der Waals surface area (Å²) >= 11 is 0. The Morgan fingerprint density at radius 1 is 1.27 bits per heavy atom. The molecule has 0 saturated heterocycles. The van der Waals surface area contributed by atoms with Crippen molar-refractivity contribution in [3.05, 3.63) is 23.3 Å². The molecule has 1 rings (SSSR count). The lowest BCUT2D eigenvalue weighted by Gasteiger charge is -2.17. The van der Waals surface area contributed by atoms with E-state index in [4.69, 9.17) is 14.2 Å². The van der Waals surface area contributed by atoms with Gasteiger partial charge in [0.2, 0.25) is 0 Å². The van der Waals surface area contributed by atoms with Crippen molar-refractivity contribution in [3.8, 4) is 11.5 Å². The minimum Gasteiger partial charge on any atom is -0.493 e. The molecule has 1 unspecified atom stereocenters. The van der Waals surface area contributed by atoms with Crippen LogP contribution >= 0.6 is 0 Å². The van der Waals surface area contributed by atoms with Gasteiger partial charge in [0, 0.05) is 11.8 Å². The summed E-state index contributed by atoms with van der Waals surface area (Å²) in [5.41, 5.74) is 1.32. The lowest BCUT2D eigenvalue weighted by Crippen LogP contribution is -2.19. The van der Waals surface area contributed by atoms with Gasteiger partial charge >= 0.3 is 5.97 Å². The Morgan fingerprint density at radius 2 is 1.92 bits per heavy atom. The molecule has 1 atom stereocenters. The average molecular weight is 384 g/mol. The maximum atomic E-state index is 12.2. The molecule has 0 radical (unpaired) electrons. The Bertz CT molecular complexity index is 677. The van der Waals surface area contributed by atoms with Gasteiger partial charge in [0.1, 0.15) is 11.0 Å². The van der Waals surface area contributed by atoms with E-state index in [1.165, 1.54) is 6.21 Å². The third-order valence-corrected chi connectivity index (χ3v) is 4.58. The molecule has 146 valence electrons. The molecule has 0 bridgehead atoms. The van der Waals surface area contributed by atoms with Gasteiger partial charge in [-0.2, -0.15) is 4.40 Å². The third kappa shape index (κ3) is 6.78. The molecule has 0 aromatic heterocycles. The van der Waals surface area contributed by atoms with Crippen LogP contribution in [-0.4, -0.2) is 41.0 Å². The molecule has 0 aliphatic rings. The van der Waals surface area contributed by atoms with Crippen molar-refractivity contribution >= 4 is 23.2 Å². The molecule has 0 aliphatic heterocycles. The number of rotatable bonds is 8. The molecule has 26 heavy (non-hydrogen) atoms. The van der Waals surface area contributed by atoms with Crippen LogP contribution in [0.4, 0.5) is 0 Å². The fourth-order valence-corrected chi connectivity index (χ4v) is 2.55. The van der Waals surface area contributed by atoms with Crippen LogP contribution in [0.5, 0.6) is 11.5 Å². The largest absolute Gasteiger partial charge is 0.493 e. The number of nitrogens with zero attached hydrogens (tertiary/aromatic N) is 1. The molecule has 0 aliphatic carbocycles. The monoisotopic (exact) mass is 383 g/mol. The standard InChI is InChI=1S/C19H29NO5S/c1-8-24-18(21)11-14-9-16(23-7)17(25-13(2)3)10-15(14)12-20-26(22)19(4,5)6/h9-10,12-13H,8,11H2,1-7H3. The van der Waals surface area contributed by atoms with Crippen LogP contribution in [0.25, 0.3) is 0 Å². The summed E-state index contributed by atoms with van der Waals surface area (Å²) in [5, 5.41) is 0. The summed E-state index contributed by atoms with van der Waals surface area (Å²) in [5.74, 6) is 0.712. The van der Waals surface area contributed by atoms with E-state index in [0.29, 0.717) is 29.2 Å². The lowest BCUT2D eigenvalue weighted by atomic mass is 10.0. The zero-order chi connectivity index (χ0) is 19.9. The van der Waals surface area contributed by atoms with E-state index < -0.39 is 15.7 Å². The first kappa shape index (κ1) is 22.2. The normalized spacial score (nSPS) is 13.1. The zero-order valence-electron chi connectivity index (χ0n) is 16.6. The molecular formula is C19H29NO5S. The minimum absolute atomic E-state index is 0.0479. The van der Waals surface area contributed by atoms with E-state index in [0.717, 1.165) is 0 Å². The van der Waals surface area contributed by atoms with Crippen LogP contribution in [0, 0.1) is 0 Å². The maximum Gasteiger partial charge on any atom is 0.310 e. The van der Waals surface area contributed by atoms with E-state index in [1.54, 1.807) is 26.2 Å². The SMILES string of the molecule is CCOC(=O)Cc1cc(OC)c(OC(C)C)cc1C=NS(=O)C(C)(C)C. The number of esters is 1. The Hall–Kier alpha value is -1.89. The summed E-state index contributed by atoms with van der Waals surface area (Å²) in [6, 6.07) is 3.48. The zero-order valence-corrected chi connectivity index (χ0v) is 17.4. The second-order valence-corrected chi connectivity index (χ2v) is 8.88. The van der Waals surface area contributed by atoms with Gasteiger partial charge in [-0.3, -0.25) is 4.79 Å². The Kier molecular flexibility index (Phi) is 8.27. The van der Waals surface area contributed by atoms with Crippen molar-refractivity contribution in [1.29, 1.82) is 0 Å². The first-order valence-corrected chi connectivity index (χ1v) is 9.68. The fourth-order valence-electron chi connectivity index (χ4n) is 2.03. The molecule has 0 heterocycles. The molecule has 6 nitrogen and oxygen atoms in total. The van der Waals surface area contributed by atoms with Crippen molar-refractivity contribution in [1.82, 2.24) is 0 Å². The highest BCUT2D eigenvalue weighted by atomic mass is 32.2. The molecule has 0 amide bonds. The van der Waals surface area contributed by atoms with E-state index in [1.807, 2.05) is 34.6 Å². The molecule has 0 spiro atoms. The minimum atomic E-state index is -1.41. The summed E-state index contributed by atoms with van der Waals surface area (Å²) in [6.07, 6.45) is 1.53. The number of carbonyl (C=O) groups is 1. The van der Waals surface area contributed by atoms with Gasteiger partial charge in [-0.15, -0.1) is 0 Å². The smallest absolute Gasteiger partial charge is 0.310 e. The van der Waals surface area contributed by atoms with Gasteiger partial charge in [0.05, 0.1) is 31.0 Å². The second kappa shape index (κ2) is 9.71. The predicted octanol–water partition coefficient (Wildman–Crippen LogP) is 3.47. The number of ether oxygens (including phenoxy) is 3. The van der Waals surface area contributed by atoms with E-state index in [-0.39, 0.29) is 18.5 Å². The van der Waals surface area contributed by atoms with Gasteiger partial charge in [-0.25, -0.2) is 4.21 Å². The van der Waals surface area contributed by atoms with E-state index in [2.05, 4.69) is 4.40 Å². The average Bonchev–Trinajstić information content (AvgIpc) is 2.52. The first-order valence-electron chi connectivity index (χ1n) is 8.57. The van der Waals surface area contributed by atoms with E-state index >= 15 is 0 Å². The molecule has 7 heteroatoms. The summed E-state index contributed by atoms with van der Waals surface area (Å²) < 4.78 is 32.1. The van der Waals surface area contributed by atoms with Gasteiger partial charge in [0.15, 0.2) is 11.5 Å². The van der Waals surface area contributed by atoms with Gasteiger partial charge in [0.25, 0.3) is 0 Å². The first-order chi connectivity index (χ1) is 12.1. The van der Waals surface area contributed by atoms with Crippen molar-refractivity contribution in [3.63, 3.8) is 0 Å². The number of carbonyl (C=O) groups excluding carboxylic acids is 1. The number of methoxy groups -OCH3 is 1. The van der Waals surface area contributed by atoms with Crippen molar-refractivity contribution < 1.29 is 23.2 Å². The Labute approximate surface area is 158 Å². The molecule has 1 aromatic rings. The van der Waals surface area contributed by atoms with Crippen LogP contribution in [0.2, 0.25) is 0 Å². The molecule has 0 N–H and O–H groups in total. The predicted molar refractivity (Wildman–Crippen MR) is 105 cm³/mol. The van der Waals surface area contributed by atoms with Crippen molar-refractivity contribution in [2.75, 3.05) is 13.7 Å². The van der Waals surface area contributed by atoms with Crippen LogP contribution in [0.3, 0.4) is 0 Å². The van der Waals surface area contributed by atoms with Crippen LogP contribution in [0.1, 0.15) is 52.7 Å². The number of hydrogen-bond donors (Lipinski definition) is 0. The highest BCUT2D eigenvalue weighted by Crippen LogP contribution is 2.31. The van der Waals surface area contributed by atoms with Gasteiger partial charge in [-0.1, -0.05) is 0 Å². The maximum absolute atomic E-state index is 12.2. The highest BCUT2D eigenvalue weighted by Gasteiger charge is 2.19. The van der Waals surface area contributed by atoms with Crippen LogP contribution < -0.4 is 9.47 Å². The molecule has 1 aromatic carbocycles. The molecule has 0 fully saturated rings. The molecular weight excluding hydrogens is 354 g/mol. The Morgan fingerprint density at radius 3 is 2.42 bits per heavy atom. The van der Waals surface area contributed by atoms with Crippen molar-refractivity contribution in [2.24, 2.45) is 4.40 Å². The topological polar surface area (TPSA) is 74.2 Å². The Balaban J connectivity index is 3.33. The fraction of sp³-hybridized carbons (Fsp3) is 0.579.